The maximum atomic E-state index is 13.3. The van der Waals surface area contributed by atoms with Crippen LogP contribution in [-0.4, -0.2) is 54.8 Å². The fraction of sp³-hybridized carbons (Fsp3) is 0.261. The number of sulfonamides is 1. The minimum Gasteiger partial charge on any atom is -0.402 e. The van der Waals surface area contributed by atoms with E-state index in [1.807, 2.05) is 0 Å². The lowest BCUT2D eigenvalue weighted by Crippen LogP contribution is -2.40. The van der Waals surface area contributed by atoms with Gasteiger partial charge in [-0.1, -0.05) is 6.07 Å². The number of ether oxygens (including phenoxy) is 1. The molecule has 1 saturated heterocycles. The summed E-state index contributed by atoms with van der Waals surface area (Å²) in [4.78, 5) is 32.6. The Morgan fingerprint density at radius 1 is 1.18 bits per heavy atom. The number of aromatic amines is 1. The molecule has 1 aromatic carbocycles. The molecule has 0 radical (unpaired) electrons. The van der Waals surface area contributed by atoms with E-state index in [-0.39, 0.29) is 40.6 Å². The summed E-state index contributed by atoms with van der Waals surface area (Å²) in [6, 6.07) is 7.99. The van der Waals surface area contributed by atoms with Crippen LogP contribution in [0.2, 0.25) is 0 Å². The number of fused-ring (bicyclic) bond motifs is 1. The van der Waals surface area contributed by atoms with Crippen molar-refractivity contribution in [2.75, 3.05) is 26.3 Å². The maximum Gasteiger partial charge on any atom is 0.257 e. The van der Waals surface area contributed by atoms with Gasteiger partial charge in [0.15, 0.2) is 5.78 Å². The zero-order valence-electron chi connectivity index (χ0n) is 18.3. The number of carbonyl (C=O) groups is 1. The first-order valence-electron chi connectivity index (χ1n) is 10.4. The molecule has 1 aliphatic heterocycles. The highest BCUT2D eigenvalue weighted by Gasteiger charge is 2.28. The highest BCUT2D eigenvalue weighted by molar-refractivity contribution is 7.89. The van der Waals surface area contributed by atoms with E-state index in [4.69, 9.17) is 10.5 Å². The number of nitrogens with zero attached hydrogens (tertiary/aromatic N) is 2. The Morgan fingerprint density at radius 3 is 2.52 bits per heavy atom. The van der Waals surface area contributed by atoms with E-state index in [2.05, 4.69) is 9.97 Å². The molecule has 0 bridgehead atoms. The second kappa shape index (κ2) is 8.89. The summed E-state index contributed by atoms with van der Waals surface area (Å²) in [5, 5.41) is 0.465. The van der Waals surface area contributed by atoms with Crippen molar-refractivity contribution in [2.45, 2.75) is 18.7 Å². The number of aromatic nitrogens is 2. The third kappa shape index (κ3) is 4.20. The van der Waals surface area contributed by atoms with Gasteiger partial charge in [0.1, 0.15) is 0 Å². The van der Waals surface area contributed by atoms with Crippen LogP contribution in [0.15, 0.2) is 58.1 Å². The van der Waals surface area contributed by atoms with Crippen LogP contribution in [0.1, 0.15) is 19.4 Å². The summed E-state index contributed by atoms with van der Waals surface area (Å²) in [5.41, 5.74) is 7.25. The molecule has 0 spiro atoms. The lowest BCUT2D eigenvalue weighted by molar-refractivity contribution is -0.111. The van der Waals surface area contributed by atoms with Crippen molar-refractivity contribution in [2.24, 2.45) is 5.73 Å². The molecule has 10 heteroatoms. The van der Waals surface area contributed by atoms with Crippen LogP contribution in [0.5, 0.6) is 0 Å². The topological polar surface area (TPSA) is 135 Å². The number of nitrogens with two attached hydrogens (primary N) is 1. The fourth-order valence-corrected chi connectivity index (χ4v) is 5.50. The Balaban J connectivity index is 2.07. The zero-order chi connectivity index (χ0) is 23.8. The molecule has 0 unspecified atom stereocenters. The van der Waals surface area contributed by atoms with E-state index >= 15 is 0 Å². The Bertz CT molecular complexity index is 1420. The standard InChI is InChI=1S/C23H24N4O5S/c1-14(24)20(15(2)28)22-21(16-4-3-7-25-13-16)18-12-17(5-6-19(18)26-23(22)29)33(30,31)27-8-10-32-11-9-27/h3-7,12-13H,8-11,24H2,1-2H3,(H,26,29). The molecule has 3 N–H and O–H groups in total. The average molecular weight is 469 g/mol. The SMILES string of the molecule is CC(=O)C(=C(C)N)c1c(-c2cccnc2)c2cc(S(=O)(=O)N3CCOCC3)ccc2[nH]c1=O. The number of nitrogens with one attached hydrogen (secondary N) is 1. The third-order valence-electron chi connectivity index (χ3n) is 5.54. The van der Waals surface area contributed by atoms with E-state index in [1.165, 1.54) is 23.4 Å². The fourth-order valence-electron chi connectivity index (χ4n) is 4.07. The van der Waals surface area contributed by atoms with Crippen LogP contribution in [0.25, 0.3) is 27.6 Å². The molecule has 0 aliphatic carbocycles. The number of allylic oxidation sites excluding steroid dienone is 2. The first-order valence-corrected chi connectivity index (χ1v) is 11.8. The first kappa shape index (κ1) is 22.8. The number of carbonyl (C=O) groups excluding carboxylic acids is 1. The van der Waals surface area contributed by atoms with Gasteiger partial charge in [-0.3, -0.25) is 14.6 Å². The summed E-state index contributed by atoms with van der Waals surface area (Å²) in [5.74, 6) is -0.373. The van der Waals surface area contributed by atoms with Gasteiger partial charge in [0.05, 0.1) is 23.7 Å². The van der Waals surface area contributed by atoms with E-state index in [0.717, 1.165) is 0 Å². The molecule has 4 rings (SSSR count). The molecule has 0 atom stereocenters. The summed E-state index contributed by atoms with van der Waals surface area (Å²) >= 11 is 0. The van der Waals surface area contributed by atoms with Crippen LogP contribution in [-0.2, 0) is 19.6 Å². The third-order valence-corrected chi connectivity index (χ3v) is 7.43. The monoisotopic (exact) mass is 468 g/mol. The number of H-pyrrole nitrogens is 1. The minimum absolute atomic E-state index is 0.0814. The maximum absolute atomic E-state index is 13.3. The normalized spacial score (nSPS) is 15.9. The van der Waals surface area contributed by atoms with Crippen molar-refractivity contribution in [3.63, 3.8) is 0 Å². The van der Waals surface area contributed by atoms with Crippen molar-refractivity contribution in [3.05, 3.63) is 64.3 Å². The van der Waals surface area contributed by atoms with E-state index in [9.17, 15) is 18.0 Å². The Morgan fingerprint density at radius 2 is 1.91 bits per heavy atom. The number of rotatable bonds is 5. The largest absolute Gasteiger partial charge is 0.402 e. The number of morpholine rings is 1. The summed E-state index contributed by atoms with van der Waals surface area (Å²) in [6.45, 7) is 4.06. The van der Waals surface area contributed by atoms with Gasteiger partial charge in [0.2, 0.25) is 10.0 Å². The molecule has 9 nitrogen and oxygen atoms in total. The summed E-state index contributed by atoms with van der Waals surface area (Å²) in [6.07, 6.45) is 3.15. The van der Waals surface area contributed by atoms with Gasteiger partial charge < -0.3 is 15.5 Å². The van der Waals surface area contributed by atoms with Crippen molar-refractivity contribution < 1.29 is 17.9 Å². The Hall–Kier alpha value is -3.34. The van der Waals surface area contributed by atoms with Gasteiger partial charge in [-0.2, -0.15) is 4.31 Å². The molecule has 1 aliphatic rings. The second-order valence-corrected chi connectivity index (χ2v) is 9.72. The Labute approximate surface area is 190 Å². The van der Waals surface area contributed by atoms with Crippen LogP contribution >= 0.6 is 0 Å². The lowest BCUT2D eigenvalue weighted by Gasteiger charge is -2.26. The highest BCUT2D eigenvalue weighted by atomic mass is 32.2. The molecule has 172 valence electrons. The van der Waals surface area contributed by atoms with Crippen molar-refractivity contribution in [3.8, 4) is 11.1 Å². The van der Waals surface area contributed by atoms with Crippen LogP contribution in [0.4, 0.5) is 0 Å². The average Bonchev–Trinajstić information content (AvgIpc) is 2.80. The van der Waals surface area contributed by atoms with E-state index in [0.29, 0.717) is 35.2 Å². The van der Waals surface area contributed by atoms with Gasteiger partial charge in [-0.15, -0.1) is 0 Å². The van der Waals surface area contributed by atoms with Crippen molar-refractivity contribution >= 4 is 32.3 Å². The quantitative estimate of drug-likeness (QED) is 0.546. The predicted octanol–water partition coefficient (Wildman–Crippen LogP) is 1.89. The van der Waals surface area contributed by atoms with Gasteiger partial charge in [0.25, 0.3) is 5.56 Å². The number of pyridine rings is 2. The number of ketones is 1. The van der Waals surface area contributed by atoms with Gasteiger partial charge in [0, 0.05) is 58.8 Å². The molecule has 3 aromatic rings. The van der Waals surface area contributed by atoms with Crippen molar-refractivity contribution in [1.29, 1.82) is 0 Å². The lowest BCUT2D eigenvalue weighted by atomic mass is 9.90. The smallest absolute Gasteiger partial charge is 0.257 e. The molecule has 0 amide bonds. The molecular formula is C23H24N4O5S. The van der Waals surface area contributed by atoms with Crippen LogP contribution in [0, 0.1) is 0 Å². The highest BCUT2D eigenvalue weighted by Crippen LogP contribution is 2.35. The van der Waals surface area contributed by atoms with Gasteiger partial charge in [-0.25, -0.2) is 8.42 Å². The number of Topliss-reactive ketones (excluding diaryl/α,β-unsaturated/α-hetero) is 1. The second-order valence-electron chi connectivity index (χ2n) is 7.78. The predicted molar refractivity (Wildman–Crippen MR) is 125 cm³/mol. The van der Waals surface area contributed by atoms with E-state index < -0.39 is 15.6 Å². The molecule has 33 heavy (non-hydrogen) atoms. The number of hydrogen-bond donors (Lipinski definition) is 2. The molecule has 3 heterocycles. The molecular weight excluding hydrogens is 444 g/mol. The zero-order valence-corrected chi connectivity index (χ0v) is 19.1. The molecule has 2 aromatic heterocycles. The molecule has 1 fully saturated rings. The Kier molecular flexibility index (Phi) is 6.15. The number of benzene rings is 1. The van der Waals surface area contributed by atoms with Gasteiger partial charge in [-0.05, 0) is 38.1 Å². The van der Waals surface area contributed by atoms with Crippen LogP contribution < -0.4 is 11.3 Å². The van der Waals surface area contributed by atoms with Crippen LogP contribution in [0.3, 0.4) is 0 Å². The summed E-state index contributed by atoms with van der Waals surface area (Å²) in [7, 11) is -3.79. The number of hydrogen-bond acceptors (Lipinski definition) is 7. The van der Waals surface area contributed by atoms with Crippen molar-refractivity contribution in [1.82, 2.24) is 14.3 Å². The van der Waals surface area contributed by atoms with Gasteiger partial charge >= 0.3 is 0 Å². The minimum atomic E-state index is -3.79. The molecule has 0 saturated carbocycles. The first-order chi connectivity index (χ1) is 15.7. The summed E-state index contributed by atoms with van der Waals surface area (Å²) < 4.78 is 33.2. The van der Waals surface area contributed by atoms with E-state index in [1.54, 1.807) is 37.5 Å².